The minimum absolute atomic E-state index is 0.206. The highest BCUT2D eigenvalue weighted by Gasteiger charge is 2.12. The predicted molar refractivity (Wildman–Crippen MR) is 98.9 cm³/mol. The molecule has 1 radical (unpaired) electrons. The minimum atomic E-state index is -3.52. The van der Waals surface area contributed by atoms with Gasteiger partial charge in [0.05, 0.1) is 10.6 Å². The van der Waals surface area contributed by atoms with Gasteiger partial charge < -0.3 is 0 Å². The Hall–Kier alpha value is -2.21. The van der Waals surface area contributed by atoms with E-state index < -0.39 is 10.0 Å². The summed E-state index contributed by atoms with van der Waals surface area (Å²) in [5.41, 5.74) is 2.81. The molecule has 2 aromatic carbocycles. The van der Waals surface area contributed by atoms with Gasteiger partial charge >= 0.3 is 0 Å². The largest absolute Gasteiger partial charge is 0.256 e. The van der Waals surface area contributed by atoms with Crippen LogP contribution in [0.4, 0.5) is 0 Å². The van der Waals surface area contributed by atoms with Crippen LogP contribution in [0.2, 0.25) is 5.02 Å². The Kier molecular flexibility index (Phi) is 5.48. The van der Waals surface area contributed by atoms with Crippen LogP contribution < -0.4 is 4.72 Å². The maximum Gasteiger partial charge on any atom is 0.240 e. The van der Waals surface area contributed by atoms with Gasteiger partial charge in [0, 0.05) is 29.4 Å². The Morgan fingerprint density at radius 3 is 2.40 bits per heavy atom. The van der Waals surface area contributed by atoms with E-state index in [9.17, 15) is 8.42 Å². The molecule has 0 atom stereocenters. The first kappa shape index (κ1) is 17.6. The predicted octanol–water partition coefficient (Wildman–Crippen LogP) is 3.72. The molecular weight excluding hydrogens is 356 g/mol. The Balaban J connectivity index is 1.59. The maximum atomic E-state index is 12.2. The van der Waals surface area contributed by atoms with Crippen molar-refractivity contribution in [3.8, 4) is 11.3 Å². The van der Waals surface area contributed by atoms with E-state index in [1.807, 2.05) is 36.4 Å². The lowest BCUT2D eigenvalue weighted by Crippen LogP contribution is -2.25. The monoisotopic (exact) mass is 371 g/mol. The molecule has 0 saturated carbocycles. The molecule has 0 spiro atoms. The third-order valence-corrected chi connectivity index (χ3v) is 5.39. The molecule has 3 aromatic rings. The van der Waals surface area contributed by atoms with Gasteiger partial charge in [0.15, 0.2) is 0 Å². The number of rotatable bonds is 6. The van der Waals surface area contributed by atoms with Crippen molar-refractivity contribution in [2.24, 2.45) is 0 Å². The fourth-order valence-electron chi connectivity index (χ4n) is 2.34. The Labute approximate surface area is 152 Å². The summed E-state index contributed by atoms with van der Waals surface area (Å²) in [6.07, 6.45) is 2.32. The second-order valence-electron chi connectivity index (χ2n) is 5.43. The van der Waals surface area contributed by atoms with Crippen LogP contribution in [0.1, 0.15) is 5.56 Å². The van der Waals surface area contributed by atoms with Crippen molar-refractivity contribution < 1.29 is 8.42 Å². The molecule has 1 aromatic heterocycles. The van der Waals surface area contributed by atoms with E-state index in [2.05, 4.69) is 15.8 Å². The summed E-state index contributed by atoms with van der Waals surface area (Å²) in [6.45, 7) is 0.319. The lowest BCUT2D eigenvalue weighted by atomic mass is 10.1. The normalized spacial score (nSPS) is 11.4. The number of halogens is 1. The maximum absolute atomic E-state index is 12.2. The quantitative estimate of drug-likeness (QED) is 0.718. The number of sulfonamides is 1. The number of nitrogens with zero attached hydrogens (tertiary/aromatic N) is 1. The van der Waals surface area contributed by atoms with Crippen LogP contribution in [-0.4, -0.2) is 19.9 Å². The van der Waals surface area contributed by atoms with Crippen molar-refractivity contribution in [2.45, 2.75) is 11.3 Å². The fraction of sp³-hybridized carbons (Fsp3) is 0.105. The van der Waals surface area contributed by atoms with Crippen LogP contribution in [0.5, 0.6) is 0 Å². The van der Waals surface area contributed by atoms with E-state index in [1.165, 1.54) is 12.1 Å². The number of pyridine rings is 1. The first-order valence-corrected chi connectivity index (χ1v) is 9.58. The summed E-state index contributed by atoms with van der Waals surface area (Å²) >= 11 is 5.78. The molecular formula is C19H16ClN2O2S. The van der Waals surface area contributed by atoms with E-state index in [0.29, 0.717) is 18.0 Å². The molecule has 4 nitrogen and oxygen atoms in total. The average molecular weight is 372 g/mol. The summed E-state index contributed by atoms with van der Waals surface area (Å²) in [5, 5.41) is 0.504. The van der Waals surface area contributed by atoms with Crippen LogP contribution in [-0.2, 0) is 16.4 Å². The van der Waals surface area contributed by atoms with Crippen LogP contribution in [0.3, 0.4) is 0 Å². The van der Waals surface area contributed by atoms with Crippen molar-refractivity contribution in [1.29, 1.82) is 0 Å². The van der Waals surface area contributed by atoms with Crippen molar-refractivity contribution >= 4 is 21.6 Å². The van der Waals surface area contributed by atoms with E-state index in [4.69, 9.17) is 11.6 Å². The summed E-state index contributed by atoms with van der Waals surface area (Å²) in [6, 6.07) is 20.7. The van der Waals surface area contributed by atoms with Gasteiger partial charge in [0.25, 0.3) is 0 Å². The lowest BCUT2D eigenvalue weighted by Gasteiger charge is -2.07. The number of benzene rings is 2. The van der Waals surface area contributed by atoms with Gasteiger partial charge in [0.2, 0.25) is 10.0 Å². The lowest BCUT2D eigenvalue weighted by molar-refractivity contribution is 0.581. The highest BCUT2D eigenvalue weighted by molar-refractivity contribution is 7.89. The van der Waals surface area contributed by atoms with E-state index in [1.54, 1.807) is 18.3 Å². The average Bonchev–Trinajstić information content (AvgIpc) is 2.63. The summed E-state index contributed by atoms with van der Waals surface area (Å²) in [4.78, 5) is 4.46. The molecule has 0 aliphatic rings. The Morgan fingerprint density at radius 2 is 1.76 bits per heavy atom. The van der Waals surface area contributed by atoms with Gasteiger partial charge in [-0.05, 0) is 42.3 Å². The molecule has 0 amide bonds. The smallest absolute Gasteiger partial charge is 0.240 e. The highest BCUT2D eigenvalue weighted by Crippen LogP contribution is 2.17. The molecule has 127 valence electrons. The number of hydrogen-bond donors (Lipinski definition) is 1. The molecule has 0 aliphatic carbocycles. The molecule has 0 bridgehead atoms. The fourth-order valence-corrected chi connectivity index (χ4v) is 3.50. The summed E-state index contributed by atoms with van der Waals surface area (Å²) in [5.74, 6) is 0. The second-order valence-corrected chi connectivity index (χ2v) is 7.63. The Bertz CT molecular complexity index is 925. The molecule has 25 heavy (non-hydrogen) atoms. The van der Waals surface area contributed by atoms with Crippen LogP contribution >= 0.6 is 11.6 Å². The summed E-state index contributed by atoms with van der Waals surface area (Å²) in [7, 11) is -3.52. The SMILES string of the molecule is O=S(=O)(NCCc1ccc(-c2[c]cccn2)cc1)c1ccc(Cl)cc1. The zero-order chi connectivity index (χ0) is 17.7. The van der Waals surface area contributed by atoms with Crippen molar-refractivity contribution in [3.05, 3.63) is 83.5 Å². The van der Waals surface area contributed by atoms with Gasteiger partial charge in [0.1, 0.15) is 0 Å². The van der Waals surface area contributed by atoms with Gasteiger partial charge in [-0.3, -0.25) is 4.98 Å². The third-order valence-electron chi connectivity index (χ3n) is 3.66. The zero-order valence-electron chi connectivity index (χ0n) is 13.3. The minimum Gasteiger partial charge on any atom is -0.256 e. The van der Waals surface area contributed by atoms with Crippen LogP contribution in [0.25, 0.3) is 11.3 Å². The first-order valence-electron chi connectivity index (χ1n) is 7.72. The third kappa shape index (κ3) is 4.66. The van der Waals surface area contributed by atoms with Crippen LogP contribution in [0, 0.1) is 6.07 Å². The van der Waals surface area contributed by atoms with Gasteiger partial charge in [-0.15, -0.1) is 0 Å². The van der Waals surface area contributed by atoms with Crippen LogP contribution in [0.15, 0.2) is 71.8 Å². The molecule has 3 rings (SSSR count). The molecule has 6 heteroatoms. The number of aromatic nitrogens is 1. The molecule has 1 N–H and O–H groups in total. The molecule has 1 heterocycles. The molecule has 0 saturated heterocycles. The first-order chi connectivity index (χ1) is 12.0. The number of hydrogen-bond acceptors (Lipinski definition) is 3. The second kappa shape index (κ2) is 7.78. The van der Waals surface area contributed by atoms with Crippen molar-refractivity contribution in [1.82, 2.24) is 9.71 Å². The van der Waals surface area contributed by atoms with Gasteiger partial charge in [-0.2, -0.15) is 0 Å². The van der Waals surface area contributed by atoms with Crippen molar-refractivity contribution in [2.75, 3.05) is 6.54 Å². The topological polar surface area (TPSA) is 59.1 Å². The molecule has 0 aliphatic heterocycles. The molecule has 0 fully saturated rings. The Morgan fingerprint density at radius 1 is 1.04 bits per heavy atom. The highest BCUT2D eigenvalue weighted by atomic mass is 35.5. The molecule has 0 unspecified atom stereocenters. The standard InChI is InChI=1S/C19H16ClN2O2S/c20-17-8-10-18(11-9-17)25(23,24)22-14-12-15-4-6-16(7-5-15)19-3-1-2-13-21-19/h1-2,4-11,13,22H,12,14H2. The van der Waals surface area contributed by atoms with E-state index in [-0.39, 0.29) is 4.90 Å². The number of nitrogens with one attached hydrogen (secondary N) is 1. The van der Waals surface area contributed by atoms with Crippen molar-refractivity contribution in [3.63, 3.8) is 0 Å². The van der Waals surface area contributed by atoms with Gasteiger partial charge in [-0.25, -0.2) is 13.1 Å². The van der Waals surface area contributed by atoms with E-state index in [0.717, 1.165) is 16.8 Å². The zero-order valence-corrected chi connectivity index (χ0v) is 14.9. The summed E-state index contributed by atoms with van der Waals surface area (Å²) < 4.78 is 27.0. The van der Waals surface area contributed by atoms with E-state index >= 15 is 0 Å². The van der Waals surface area contributed by atoms with Gasteiger partial charge in [-0.1, -0.05) is 41.9 Å².